The van der Waals surface area contributed by atoms with Crippen molar-refractivity contribution < 1.29 is 9.53 Å². The zero-order chi connectivity index (χ0) is 25.6. The van der Waals surface area contributed by atoms with E-state index in [1.54, 1.807) is 53.5 Å². The second kappa shape index (κ2) is 8.95. The number of benzene rings is 1. The molecule has 5 rings (SSSR count). The number of imidazole rings is 1. The van der Waals surface area contributed by atoms with E-state index in [1.165, 1.54) is 4.90 Å². The number of hydrogen-bond donors (Lipinski definition) is 0. The molecule has 4 aromatic heterocycles. The van der Waals surface area contributed by atoms with E-state index in [4.69, 9.17) is 4.74 Å². The van der Waals surface area contributed by atoms with Crippen molar-refractivity contribution in [3.63, 3.8) is 0 Å². The number of rotatable bonds is 6. The summed E-state index contributed by atoms with van der Waals surface area (Å²) in [6, 6.07) is 9.75. The molecule has 0 unspecified atom stereocenters. The van der Waals surface area contributed by atoms with E-state index in [-0.39, 0.29) is 18.1 Å². The highest BCUT2D eigenvalue weighted by atomic mass is 16.5. The Hall–Kier alpha value is -4.47. The monoisotopic (exact) mass is 485 g/mol. The van der Waals surface area contributed by atoms with Gasteiger partial charge in [-0.15, -0.1) is 0 Å². The van der Waals surface area contributed by atoms with Gasteiger partial charge in [0.1, 0.15) is 6.54 Å². The predicted molar refractivity (Wildman–Crippen MR) is 137 cm³/mol. The van der Waals surface area contributed by atoms with Crippen LogP contribution in [0.5, 0.6) is 5.88 Å². The number of carbonyl (C=O) groups is 1. The van der Waals surface area contributed by atoms with Gasteiger partial charge in [0.2, 0.25) is 11.8 Å². The third-order valence-electron chi connectivity index (χ3n) is 6.20. The van der Waals surface area contributed by atoms with Crippen LogP contribution in [0.1, 0.15) is 12.6 Å². The van der Waals surface area contributed by atoms with Crippen molar-refractivity contribution in [2.45, 2.75) is 20.4 Å². The maximum Gasteiger partial charge on any atom is 0.333 e. The first kappa shape index (κ1) is 23.3. The minimum atomic E-state index is -0.214. The lowest BCUT2D eigenvalue weighted by Gasteiger charge is -2.09. The number of likely N-dealkylation sites (N-methyl/N-ethyl adjacent to an activating group) is 1. The van der Waals surface area contributed by atoms with Crippen molar-refractivity contribution in [1.82, 2.24) is 33.8 Å². The first-order valence-corrected chi connectivity index (χ1v) is 11.6. The van der Waals surface area contributed by atoms with Gasteiger partial charge in [0.05, 0.1) is 46.9 Å². The zero-order valence-electron chi connectivity index (χ0n) is 20.9. The molecule has 10 nitrogen and oxygen atoms in total. The van der Waals surface area contributed by atoms with Crippen molar-refractivity contribution in [3.05, 3.63) is 65.1 Å². The molecule has 0 saturated heterocycles. The normalized spacial score (nSPS) is 11.4. The highest BCUT2D eigenvalue weighted by Crippen LogP contribution is 2.30. The van der Waals surface area contributed by atoms with Crippen LogP contribution >= 0.6 is 0 Å². The van der Waals surface area contributed by atoms with Crippen molar-refractivity contribution in [2.75, 3.05) is 20.7 Å². The van der Waals surface area contributed by atoms with E-state index in [9.17, 15) is 9.59 Å². The fourth-order valence-electron chi connectivity index (χ4n) is 4.27. The van der Waals surface area contributed by atoms with Gasteiger partial charge in [-0.2, -0.15) is 5.10 Å². The molecular weight excluding hydrogens is 458 g/mol. The molecule has 0 bridgehead atoms. The van der Waals surface area contributed by atoms with Gasteiger partial charge in [-0.05, 0) is 37.6 Å². The molecule has 0 radical (unpaired) electrons. The van der Waals surface area contributed by atoms with E-state index in [2.05, 4.69) is 15.1 Å². The molecular formula is C26H27N7O3. The van der Waals surface area contributed by atoms with Gasteiger partial charge in [-0.25, -0.2) is 9.78 Å². The number of ether oxygens (including phenoxy) is 1. The molecule has 0 aliphatic heterocycles. The van der Waals surface area contributed by atoms with Gasteiger partial charge in [-0.1, -0.05) is 6.07 Å². The minimum Gasteiger partial charge on any atom is -0.478 e. The fourth-order valence-corrected chi connectivity index (χ4v) is 4.27. The molecule has 4 heterocycles. The number of aryl methyl sites for hydroxylation is 2. The molecule has 1 aromatic carbocycles. The summed E-state index contributed by atoms with van der Waals surface area (Å²) < 4.78 is 10.3. The average molecular weight is 486 g/mol. The summed E-state index contributed by atoms with van der Waals surface area (Å²) in [6.45, 7) is 4.39. The first-order valence-electron chi connectivity index (χ1n) is 11.6. The highest BCUT2D eigenvalue weighted by molar-refractivity contribution is 6.04. The fraction of sp³-hybridized carbons (Fsp3) is 0.269. The molecule has 0 aliphatic rings. The number of fused-ring (bicyclic) bond motifs is 3. The van der Waals surface area contributed by atoms with Crippen LogP contribution in [0, 0.1) is 6.92 Å². The third kappa shape index (κ3) is 3.90. The van der Waals surface area contributed by atoms with Crippen molar-refractivity contribution in [2.24, 2.45) is 7.05 Å². The van der Waals surface area contributed by atoms with Gasteiger partial charge in [0.15, 0.2) is 0 Å². The van der Waals surface area contributed by atoms with Gasteiger partial charge in [0, 0.05) is 44.4 Å². The Morgan fingerprint density at radius 3 is 2.56 bits per heavy atom. The standard InChI is InChI=1S/C26H27N7O3/c1-6-36-23-10-8-18(12-28-23)17-7-9-20-19(11-17)25-21(13-27-20)31(5)26(35)33(25)22-14-32(29-16(22)2)15-24(34)30(3)4/h7-14H,6,15H2,1-5H3. The van der Waals surface area contributed by atoms with E-state index < -0.39 is 0 Å². The topological polar surface area (TPSA) is 100 Å². The van der Waals surface area contributed by atoms with Gasteiger partial charge >= 0.3 is 5.69 Å². The lowest BCUT2D eigenvalue weighted by molar-refractivity contribution is -0.129. The van der Waals surface area contributed by atoms with E-state index in [0.717, 1.165) is 27.5 Å². The molecule has 0 atom stereocenters. The summed E-state index contributed by atoms with van der Waals surface area (Å²) in [5.41, 5.74) is 5.12. The van der Waals surface area contributed by atoms with E-state index >= 15 is 0 Å². The molecule has 0 aliphatic carbocycles. The van der Waals surface area contributed by atoms with Crippen molar-refractivity contribution >= 4 is 27.8 Å². The highest BCUT2D eigenvalue weighted by Gasteiger charge is 2.20. The molecule has 0 spiro atoms. The lowest BCUT2D eigenvalue weighted by atomic mass is 10.0. The number of amides is 1. The Labute approximate surface area is 207 Å². The van der Waals surface area contributed by atoms with Crippen molar-refractivity contribution in [1.29, 1.82) is 0 Å². The summed E-state index contributed by atoms with van der Waals surface area (Å²) in [6.07, 6.45) is 5.22. The maximum atomic E-state index is 13.4. The number of aromatic nitrogens is 6. The first-order chi connectivity index (χ1) is 17.3. The molecule has 184 valence electrons. The number of nitrogens with zero attached hydrogens (tertiary/aromatic N) is 7. The van der Waals surface area contributed by atoms with Crippen molar-refractivity contribution in [3.8, 4) is 22.7 Å². The SMILES string of the molecule is CCOc1ccc(-c2ccc3ncc4c(c3c2)n(-c2cn(CC(=O)N(C)C)nc2C)c(=O)n4C)cn1. The molecule has 0 N–H and O–H groups in total. The Balaban J connectivity index is 1.70. The Bertz CT molecular complexity index is 1660. The largest absolute Gasteiger partial charge is 0.478 e. The molecule has 36 heavy (non-hydrogen) atoms. The van der Waals surface area contributed by atoms with Gasteiger partial charge in [0.25, 0.3) is 0 Å². The minimum absolute atomic E-state index is 0.0856. The number of carbonyl (C=O) groups excluding carboxylic acids is 1. The quantitative estimate of drug-likeness (QED) is 0.367. The van der Waals surface area contributed by atoms with E-state index in [1.807, 2.05) is 44.2 Å². The Morgan fingerprint density at radius 1 is 1.08 bits per heavy atom. The number of hydrogen-bond acceptors (Lipinski definition) is 6. The smallest absolute Gasteiger partial charge is 0.333 e. The zero-order valence-corrected chi connectivity index (χ0v) is 20.9. The van der Waals surface area contributed by atoms with Crippen LogP contribution in [0.4, 0.5) is 0 Å². The third-order valence-corrected chi connectivity index (χ3v) is 6.20. The second-order valence-electron chi connectivity index (χ2n) is 8.80. The van der Waals surface area contributed by atoms with Gasteiger partial charge < -0.3 is 9.64 Å². The summed E-state index contributed by atoms with van der Waals surface area (Å²) in [5.74, 6) is 0.487. The summed E-state index contributed by atoms with van der Waals surface area (Å²) in [4.78, 5) is 36.2. The lowest BCUT2D eigenvalue weighted by Crippen LogP contribution is -2.26. The second-order valence-corrected chi connectivity index (χ2v) is 8.80. The molecule has 0 saturated carbocycles. The Morgan fingerprint density at radius 2 is 1.86 bits per heavy atom. The van der Waals surface area contributed by atoms with Crippen LogP contribution in [0.25, 0.3) is 38.8 Å². The van der Waals surface area contributed by atoms with E-state index in [0.29, 0.717) is 29.4 Å². The average Bonchev–Trinajstić information content (AvgIpc) is 3.35. The van der Waals surface area contributed by atoms with Crippen LogP contribution in [0.2, 0.25) is 0 Å². The van der Waals surface area contributed by atoms with Crippen LogP contribution in [-0.2, 0) is 18.4 Å². The molecule has 0 fully saturated rings. The predicted octanol–water partition coefficient (Wildman–Crippen LogP) is 2.93. The summed E-state index contributed by atoms with van der Waals surface area (Å²) in [5, 5.41) is 5.33. The molecule has 10 heteroatoms. The number of pyridine rings is 2. The van der Waals surface area contributed by atoms with Gasteiger partial charge in [-0.3, -0.25) is 23.6 Å². The summed E-state index contributed by atoms with van der Waals surface area (Å²) >= 11 is 0. The van der Waals surface area contributed by atoms with Crippen LogP contribution in [0.3, 0.4) is 0 Å². The summed E-state index contributed by atoms with van der Waals surface area (Å²) in [7, 11) is 5.13. The maximum absolute atomic E-state index is 13.4. The van der Waals surface area contributed by atoms with Crippen LogP contribution in [0.15, 0.2) is 53.7 Å². The molecule has 1 amide bonds. The van der Waals surface area contributed by atoms with Crippen LogP contribution in [-0.4, -0.2) is 60.4 Å². The van der Waals surface area contributed by atoms with Crippen LogP contribution < -0.4 is 10.4 Å². The Kier molecular flexibility index (Phi) is 5.79. The molecule has 5 aromatic rings.